The summed E-state index contributed by atoms with van der Waals surface area (Å²) in [6.45, 7) is 9.26. The molecule has 2 aliphatic carbocycles. The standard InChI is InChI=1S/C14H28N2/c1-11(2)8-9-16(13-6-7-13)10-14(3,15)12-4-5-12/h11-13H,4-10,15H2,1-3H3. The van der Waals surface area contributed by atoms with Gasteiger partial charge in [-0.15, -0.1) is 0 Å². The molecule has 2 N–H and O–H groups in total. The number of hydrogen-bond donors (Lipinski definition) is 1. The molecule has 0 aromatic rings. The van der Waals surface area contributed by atoms with Crippen LogP contribution in [0.25, 0.3) is 0 Å². The van der Waals surface area contributed by atoms with Crippen LogP contribution in [-0.2, 0) is 0 Å². The van der Waals surface area contributed by atoms with Crippen molar-refractivity contribution in [3.8, 4) is 0 Å². The van der Waals surface area contributed by atoms with Crippen molar-refractivity contribution in [1.29, 1.82) is 0 Å². The summed E-state index contributed by atoms with van der Waals surface area (Å²) in [4.78, 5) is 2.66. The lowest BCUT2D eigenvalue weighted by Gasteiger charge is -2.33. The van der Waals surface area contributed by atoms with Gasteiger partial charge in [0.15, 0.2) is 0 Å². The number of nitrogens with zero attached hydrogens (tertiary/aromatic N) is 1. The molecular weight excluding hydrogens is 196 g/mol. The van der Waals surface area contributed by atoms with Gasteiger partial charge in [0.1, 0.15) is 0 Å². The monoisotopic (exact) mass is 224 g/mol. The van der Waals surface area contributed by atoms with Crippen LogP contribution in [0, 0.1) is 11.8 Å². The van der Waals surface area contributed by atoms with Crippen LogP contribution in [0.15, 0.2) is 0 Å². The van der Waals surface area contributed by atoms with Gasteiger partial charge in [0, 0.05) is 18.1 Å². The Morgan fingerprint density at radius 1 is 1.25 bits per heavy atom. The molecular formula is C14H28N2. The largest absolute Gasteiger partial charge is 0.324 e. The molecule has 0 amide bonds. The van der Waals surface area contributed by atoms with Crippen LogP contribution in [-0.4, -0.2) is 29.6 Å². The minimum absolute atomic E-state index is 0.0690. The normalized spacial score (nSPS) is 25.1. The molecule has 1 unspecified atom stereocenters. The van der Waals surface area contributed by atoms with E-state index in [0.29, 0.717) is 0 Å². The Labute approximate surface area is 101 Å². The topological polar surface area (TPSA) is 29.3 Å². The molecule has 16 heavy (non-hydrogen) atoms. The second kappa shape index (κ2) is 4.66. The molecule has 0 saturated heterocycles. The zero-order valence-electron chi connectivity index (χ0n) is 11.2. The molecule has 2 aliphatic rings. The van der Waals surface area contributed by atoms with E-state index in [0.717, 1.165) is 24.4 Å². The molecule has 2 nitrogen and oxygen atoms in total. The highest BCUT2D eigenvalue weighted by molar-refractivity contribution is 4.99. The van der Waals surface area contributed by atoms with Gasteiger partial charge in [-0.05, 0) is 57.4 Å². The van der Waals surface area contributed by atoms with Crippen LogP contribution in [0.2, 0.25) is 0 Å². The molecule has 2 saturated carbocycles. The van der Waals surface area contributed by atoms with Crippen molar-refractivity contribution in [2.75, 3.05) is 13.1 Å². The van der Waals surface area contributed by atoms with E-state index >= 15 is 0 Å². The second-order valence-corrected chi connectivity index (χ2v) is 6.66. The average molecular weight is 224 g/mol. The fourth-order valence-corrected chi connectivity index (χ4v) is 2.56. The van der Waals surface area contributed by atoms with Gasteiger partial charge in [0.25, 0.3) is 0 Å². The van der Waals surface area contributed by atoms with Crippen molar-refractivity contribution in [2.45, 2.75) is 64.5 Å². The number of hydrogen-bond acceptors (Lipinski definition) is 2. The van der Waals surface area contributed by atoms with Crippen LogP contribution in [0.3, 0.4) is 0 Å². The van der Waals surface area contributed by atoms with E-state index in [4.69, 9.17) is 5.73 Å². The summed E-state index contributed by atoms with van der Waals surface area (Å²) in [6, 6.07) is 0.861. The Balaban J connectivity index is 1.81. The van der Waals surface area contributed by atoms with Crippen LogP contribution in [0.5, 0.6) is 0 Å². The lowest BCUT2D eigenvalue weighted by Crippen LogP contribution is -2.50. The van der Waals surface area contributed by atoms with Crippen LogP contribution in [0.4, 0.5) is 0 Å². The first-order valence-corrected chi connectivity index (χ1v) is 7.02. The van der Waals surface area contributed by atoms with Gasteiger partial charge in [-0.1, -0.05) is 13.8 Å². The number of nitrogens with two attached hydrogens (primary N) is 1. The third-order valence-electron chi connectivity index (χ3n) is 4.11. The Morgan fingerprint density at radius 3 is 2.31 bits per heavy atom. The fraction of sp³-hybridized carbons (Fsp3) is 1.00. The Morgan fingerprint density at radius 2 is 1.88 bits per heavy atom. The highest BCUT2D eigenvalue weighted by Crippen LogP contribution is 2.40. The SMILES string of the molecule is CC(C)CCN(CC(C)(N)C1CC1)C1CC1. The summed E-state index contributed by atoms with van der Waals surface area (Å²) in [5, 5.41) is 0. The molecule has 0 radical (unpaired) electrons. The highest BCUT2D eigenvalue weighted by Gasteiger charge is 2.41. The van der Waals surface area contributed by atoms with Crippen LogP contribution in [0.1, 0.15) is 52.9 Å². The quantitative estimate of drug-likeness (QED) is 0.720. The molecule has 94 valence electrons. The van der Waals surface area contributed by atoms with Crippen LogP contribution >= 0.6 is 0 Å². The first kappa shape index (κ1) is 12.4. The first-order chi connectivity index (χ1) is 7.49. The van der Waals surface area contributed by atoms with Crippen molar-refractivity contribution in [2.24, 2.45) is 17.6 Å². The van der Waals surface area contributed by atoms with Gasteiger partial charge in [-0.2, -0.15) is 0 Å². The van der Waals surface area contributed by atoms with Gasteiger partial charge in [0.05, 0.1) is 0 Å². The van der Waals surface area contributed by atoms with E-state index < -0.39 is 0 Å². The van der Waals surface area contributed by atoms with Crippen molar-refractivity contribution >= 4 is 0 Å². The average Bonchev–Trinajstić information content (AvgIpc) is 3.04. The summed E-state index contributed by atoms with van der Waals surface area (Å²) in [5.74, 6) is 1.61. The molecule has 2 heteroatoms. The smallest absolute Gasteiger partial charge is 0.0283 e. The van der Waals surface area contributed by atoms with Gasteiger partial charge in [-0.25, -0.2) is 0 Å². The first-order valence-electron chi connectivity index (χ1n) is 7.02. The van der Waals surface area contributed by atoms with E-state index in [1.165, 1.54) is 38.6 Å². The molecule has 0 bridgehead atoms. The molecule has 0 spiro atoms. The van der Waals surface area contributed by atoms with Gasteiger partial charge in [0.2, 0.25) is 0 Å². The third-order valence-corrected chi connectivity index (χ3v) is 4.11. The maximum atomic E-state index is 6.45. The zero-order valence-corrected chi connectivity index (χ0v) is 11.2. The van der Waals surface area contributed by atoms with Crippen molar-refractivity contribution in [3.05, 3.63) is 0 Å². The van der Waals surface area contributed by atoms with E-state index in [9.17, 15) is 0 Å². The minimum atomic E-state index is 0.0690. The van der Waals surface area contributed by atoms with Crippen molar-refractivity contribution < 1.29 is 0 Å². The summed E-state index contributed by atoms with van der Waals surface area (Å²) >= 11 is 0. The van der Waals surface area contributed by atoms with Gasteiger partial charge >= 0.3 is 0 Å². The number of rotatable bonds is 7. The van der Waals surface area contributed by atoms with Gasteiger partial charge < -0.3 is 5.73 Å². The molecule has 0 heterocycles. The molecule has 0 aromatic heterocycles. The Hall–Kier alpha value is -0.0800. The van der Waals surface area contributed by atoms with E-state index in [1.807, 2.05) is 0 Å². The molecule has 1 atom stereocenters. The van der Waals surface area contributed by atoms with Gasteiger partial charge in [-0.3, -0.25) is 4.90 Å². The summed E-state index contributed by atoms with van der Waals surface area (Å²) in [5.41, 5.74) is 6.52. The predicted molar refractivity (Wildman–Crippen MR) is 69.4 cm³/mol. The van der Waals surface area contributed by atoms with Crippen molar-refractivity contribution in [3.63, 3.8) is 0 Å². The lowest BCUT2D eigenvalue weighted by molar-refractivity contribution is 0.185. The van der Waals surface area contributed by atoms with Crippen molar-refractivity contribution in [1.82, 2.24) is 4.90 Å². The highest BCUT2D eigenvalue weighted by atomic mass is 15.2. The maximum Gasteiger partial charge on any atom is 0.0283 e. The predicted octanol–water partition coefficient (Wildman–Crippen LogP) is 2.62. The molecule has 2 fully saturated rings. The Kier molecular flexibility index (Phi) is 3.60. The third kappa shape index (κ3) is 3.46. The molecule has 2 rings (SSSR count). The summed E-state index contributed by atoms with van der Waals surface area (Å²) < 4.78 is 0. The Bertz CT molecular complexity index is 227. The zero-order chi connectivity index (χ0) is 11.8. The summed E-state index contributed by atoms with van der Waals surface area (Å²) in [6.07, 6.45) is 6.83. The van der Waals surface area contributed by atoms with E-state index in [2.05, 4.69) is 25.7 Å². The van der Waals surface area contributed by atoms with E-state index in [-0.39, 0.29) is 5.54 Å². The maximum absolute atomic E-state index is 6.45. The molecule has 0 aliphatic heterocycles. The molecule has 0 aromatic carbocycles. The lowest BCUT2D eigenvalue weighted by atomic mass is 9.96. The minimum Gasteiger partial charge on any atom is -0.324 e. The summed E-state index contributed by atoms with van der Waals surface area (Å²) in [7, 11) is 0. The van der Waals surface area contributed by atoms with E-state index in [1.54, 1.807) is 0 Å². The van der Waals surface area contributed by atoms with Crippen LogP contribution < -0.4 is 5.73 Å². The fourth-order valence-electron chi connectivity index (χ4n) is 2.56. The second-order valence-electron chi connectivity index (χ2n) is 6.66.